The fraction of sp³-hybridized carbons (Fsp3) is 0.353. The molecule has 2 N–H and O–H groups in total. The molecule has 1 atom stereocenters. The van der Waals surface area contributed by atoms with Crippen LogP contribution in [0.4, 0.5) is 5.95 Å². The van der Waals surface area contributed by atoms with E-state index in [1.165, 1.54) is 0 Å². The van der Waals surface area contributed by atoms with Crippen LogP contribution in [0.25, 0.3) is 11.0 Å². The lowest BCUT2D eigenvalue weighted by atomic mass is 10.1. The van der Waals surface area contributed by atoms with Gasteiger partial charge in [0.2, 0.25) is 5.95 Å². The van der Waals surface area contributed by atoms with Crippen molar-refractivity contribution in [2.75, 3.05) is 5.32 Å². The molecule has 24 heavy (non-hydrogen) atoms. The molecule has 0 aliphatic carbocycles. The lowest BCUT2D eigenvalue weighted by Gasteiger charge is -2.20. The Hall–Kier alpha value is -2.15. The number of benzene rings is 1. The molecule has 3 rings (SSSR count). The summed E-state index contributed by atoms with van der Waals surface area (Å²) in [5, 5.41) is 8.07. The Balaban J connectivity index is 2.01. The molecule has 1 aromatic carbocycles. The minimum absolute atomic E-state index is 0.0211. The number of rotatable bonds is 3. The lowest BCUT2D eigenvalue weighted by molar-refractivity contribution is 0.366. The molecule has 0 amide bonds. The van der Waals surface area contributed by atoms with Crippen molar-refractivity contribution in [2.24, 2.45) is 0 Å². The highest BCUT2D eigenvalue weighted by Gasteiger charge is 2.20. The van der Waals surface area contributed by atoms with E-state index in [9.17, 15) is 4.79 Å². The van der Waals surface area contributed by atoms with E-state index in [2.05, 4.69) is 36.3 Å². The Morgan fingerprint density at radius 2 is 2.00 bits per heavy atom. The second kappa shape index (κ2) is 6.05. The van der Waals surface area contributed by atoms with Gasteiger partial charge in [-0.15, -0.1) is 0 Å². The first kappa shape index (κ1) is 16.7. The Bertz CT molecular complexity index is 938. The maximum absolute atomic E-state index is 12.3. The zero-order valence-corrected chi connectivity index (χ0v) is 15.7. The number of nitrogens with zero attached hydrogens (tertiary/aromatic N) is 3. The van der Waals surface area contributed by atoms with Crippen LogP contribution in [-0.4, -0.2) is 19.7 Å². The summed E-state index contributed by atoms with van der Waals surface area (Å²) in [4.78, 5) is 19.7. The maximum Gasteiger partial charge on any atom is 0.263 e. The summed E-state index contributed by atoms with van der Waals surface area (Å²) in [5.41, 5.74) is 1.21. The van der Waals surface area contributed by atoms with Gasteiger partial charge in [-0.1, -0.05) is 34.1 Å². The normalized spacial score (nSPS) is 13.2. The van der Waals surface area contributed by atoms with Gasteiger partial charge >= 0.3 is 0 Å². The molecule has 2 aromatic heterocycles. The average molecular weight is 390 g/mol. The molecular weight excluding hydrogens is 370 g/mol. The van der Waals surface area contributed by atoms with Gasteiger partial charge in [-0.3, -0.25) is 9.78 Å². The van der Waals surface area contributed by atoms with Gasteiger partial charge in [-0.25, -0.2) is 4.68 Å². The van der Waals surface area contributed by atoms with Crippen LogP contribution in [0.1, 0.15) is 39.3 Å². The van der Waals surface area contributed by atoms with Gasteiger partial charge in [0, 0.05) is 4.47 Å². The Morgan fingerprint density at radius 3 is 2.67 bits per heavy atom. The third-order valence-electron chi connectivity index (χ3n) is 3.80. The highest BCUT2D eigenvalue weighted by atomic mass is 79.9. The quantitative estimate of drug-likeness (QED) is 0.713. The maximum atomic E-state index is 12.3. The molecule has 0 radical (unpaired) electrons. The summed E-state index contributed by atoms with van der Waals surface area (Å²) in [5.74, 6) is 0.432. The summed E-state index contributed by atoms with van der Waals surface area (Å²) in [6.07, 6.45) is 1.56. The van der Waals surface area contributed by atoms with Crippen molar-refractivity contribution in [1.29, 1.82) is 0 Å². The molecule has 0 saturated heterocycles. The number of anilines is 1. The molecule has 0 bridgehead atoms. The van der Waals surface area contributed by atoms with Crippen molar-refractivity contribution in [3.8, 4) is 0 Å². The van der Waals surface area contributed by atoms with Crippen molar-refractivity contribution in [1.82, 2.24) is 19.7 Å². The molecule has 0 fully saturated rings. The average Bonchev–Trinajstić information content (AvgIpc) is 2.92. The number of aromatic nitrogens is 4. The largest absolute Gasteiger partial charge is 0.349 e. The smallest absolute Gasteiger partial charge is 0.263 e. The number of hydrogen-bond donors (Lipinski definition) is 2. The topological polar surface area (TPSA) is 75.6 Å². The van der Waals surface area contributed by atoms with Crippen LogP contribution in [0.15, 0.2) is 39.7 Å². The third kappa shape index (κ3) is 3.08. The molecule has 7 heteroatoms. The number of halogens is 1. The molecule has 2 heterocycles. The van der Waals surface area contributed by atoms with Gasteiger partial charge in [0.1, 0.15) is 5.39 Å². The van der Waals surface area contributed by atoms with E-state index in [0.29, 0.717) is 17.0 Å². The molecule has 0 saturated carbocycles. The number of aromatic amines is 1. The number of H-pyrrole nitrogens is 1. The van der Waals surface area contributed by atoms with Crippen LogP contribution >= 0.6 is 15.9 Å². The van der Waals surface area contributed by atoms with Gasteiger partial charge < -0.3 is 5.32 Å². The van der Waals surface area contributed by atoms with Crippen molar-refractivity contribution >= 4 is 32.9 Å². The van der Waals surface area contributed by atoms with Crippen molar-refractivity contribution in [3.05, 3.63) is 50.9 Å². The second-order valence-corrected chi connectivity index (χ2v) is 7.62. The number of fused-ring (bicyclic) bond motifs is 1. The van der Waals surface area contributed by atoms with E-state index >= 15 is 0 Å². The van der Waals surface area contributed by atoms with Crippen molar-refractivity contribution in [2.45, 2.75) is 39.3 Å². The van der Waals surface area contributed by atoms with Crippen LogP contribution in [0.2, 0.25) is 0 Å². The lowest BCUT2D eigenvalue weighted by Crippen LogP contribution is -2.24. The molecule has 0 aliphatic heterocycles. The monoisotopic (exact) mass is 389 g/mol. The van der Waals surface area contributed by atoms with Crippen LogP contribution in [0.5, 0.6) is 0 Å². The number of nitrogens with one attached hydrogen (secondary N) is 2. The standard InChI is InChI=1S/C17H20BrN5O/c1-10(11-7-5-6-8-13(11)18)20-16-21-14-12(15(24)22-16)9-19-23(14)17(2,3)4/h5-10H,1-4H3,(H2,20,21,22,24). The van der Waals surface area contributed by atoms with Crippen LogP contribution < -0.4 is 10.9 Å². The molecule has 126 valence electrons. The van der Waals surface area contributed by atoms with Crippen LogP contribution in [0, 0.1) is 0 Å². The first-order chi connectivity index (χ1) is 11.3. The second-order valence-electron chi connectivity index (χ2n) is 6.77. The van der Waals surface area contributed by atoms with Crippen LogP contribution in [-0.2, 0) is 5.54 Å². The molecule has 0 spiro atoms. The minimum atomic E-state index is -0.256. The van der Waals surface area contributed by atoms with Crippen LogP contribution in [0.3, 0.4) is 0 Å². The number of hydrogen-bond acceptors (Lipinski definition) is 4. The summed E-state index contributed by atoms with van der Waals surface area (Å²) in [7, 11) is 0. The van der Waals surface area contributed by atoms with Gasteiger partial charge in [-0.05, 0) is 39.3 Å². The highest BCUT2D eigenvalue weighted by Crippen LogP contribution is 2.25. The molecular formula is C17H20BrN5O. The Kier molecular flexibility index (Phi) is 4.21. The predicted octanol–water partition coefficient (Wildman–Crippen LogP) is 3.81. The molecule has 6 nitrogen and oxygen atoms in total. The summed E-state index contributed by atoms with van der Waals surface area (Å²) in [6.45, 7) is 8.10. The van der Waals surface area contributed by atoms with E-state index in [0.717, 1.165) is 10.0 Å². The zero-order chi connectivity index (χ0) is 17.5. The SMILES string of the molecule is CC(Nc1nc2c(cnn2C(C)(C)C)c(=O)[nH]1)c1ccccc1Br. The van der Waals surface area contributed by atoms with E-state index in [-0.39, 0.29) is 17.1 Å². The van der Waals surface area contributed by atoms with E-state index < -0.39 is 0 Å². The van der Waals surface area contributed by atoms with E-state index in [1.807, 2.05) is 52.0 Å². The summed E-state index contributed by atoms with van der Waals surface area (Å²) in [6, 6.07) is 7.94. The molecule has 0 aliphatic rings. The predicted molar refractivity (Wildman–Crippen MR) is 99.3 cm³/mol. The van der Waals surface area contributed by atoms with Crippen molar-refractivity contribution in [3.63, 3.8) is 0 Å². The van der Waals surface area contributed by atoms with Crippen molar-refractivity contribution < 1.29 is 0 Å². The Morgan fingerprint density at radius 1 is 1.29 bits per heavy atom. The minimum Gasteiger partial charge on any atom is -0.349 e. The summed E-state index contributed by atoms with van der Waals surface area (Å²) < 4.78 is 2.78. The first-order valence-electron chi connectivity index (χ1n) is 7.77. The fourth-order valence-electron chi connectivity index (χ4n) is 2.59. The van der Waals surface area contributed by atoms with Gasteiger partial charge in [0.15, 0.2) is 5.65 Å². The van der Waals surface area contributed by atoms with E-state index in [4.69, 9.17) is 0 Å². The Labute approximate surface area is 148 Å². The summed E-state index contributed by atoms with van der Waals surface area (Å²) >= 11 is 3.55. The third-order valence-corrected chi connectivity index (χ3v) is 4.52. The molecule has 3 aromatic rings. The zero-order valence-electron chi connectivity index (χ0n) is 14.1. The first-order valence-corrected chi connectivity index (χ1v) is 8.56. The molecule has 1 unspecified atom stereocenters. The fourth-order valence-corrected chi connectivity index (χ4v) is 3.21. The van der Waals surface area contributed by atoms with Gasteiger partial charge in [0.05, 0.1) is 17.8 Å². The van der Waals surface area contributed by atoms with Gasteiger partial charge in [0.25, 0.3) is 5.56 Å². The highest BCUT2D eigenvalue weighted by molar-refractivity contribution is 9.10. The van der Waals surface area contributed by atoms with Gasteiger partial charge in [-0.2, -0.15) is 10.1 Å². The van der Waals surface area contributed by atoms with E-state index in [1.54, 1.807) is 10.9 Å².